The summed E-state index contributed by atoms with van der Waals surface area (Å²) in [6, 6.07) is 3.78. The molecule has 0 radical (unpaired) electrons. The van der Waals surface area contributed by atoms with Crippen molar-refractivity contribution in [1.29, 1.82) is 0 Å². The molecule has 2 aromatic carbocycles. The highest BCUT2D eigenvalue weighted by molar-refractivity contribution is 6.37. The first-order valence-corrected chi connectivity index (χ1v) is 16.2. The van der Waals surface area contributed by atoms with E-state index >= 15 is 0 Å². The van der Waals surface area contributed by atoms with Crippen LogP contribution in [0.3, 0.4) is 0 Å². The van der Waals surface area contributed by atoms with Crippen molar-refractivity contribution in [3.05, 3.63) is 60.0 Å². The predicted octanol–water partition coefficient (Wildman–Crippen LogP) is 11.8. The fourth-order valence-electron chi connectivity index (χ4n) is 8.53. The maximum atomic E-state index is 11.7. The minimum absolute atomic E-state index is 0.0379. The molecule has 0 aromatic heterocycles. The van der Waals surface area contributed by atoms with Gasteiger partial charge in [-0.05, 0) is 117 Å². The third kappa shape index (κ3) is 4.66. The van der Waals surface area contributed by atoms with E-state index in [-0.39, 0.29) is 21.6 Å². The number of hydrogen-bond acceptors (Lipinski definition) is 3. The van der Waals surface area contributed by atoms with Crippen molar-refractivity contribution < 1.29 is 9.84 Å². The van der Waals surface area contributed by atoms with Gasteiger partial charge in [-0.1, -0.05) is 74.1 Å². The Labute approximate surface area is 275 Å². The average molecular weight is 660 g/mol. The van der Waals surface area contributed by atoms with Crippen LogP contribution < -0.4 is 0 Å². The Morgan fingerprint density at radius 3 is 1.64 bits per heavy atom. The van der Waals surface area contributed by atoms with Crippen LogP contribution in [-0.4, -0.2) is 26.7 Å². The Kier molecular flexibility index (Phi) is 8.89. The molecule has 7 heteroatoms. The molecule has 1 heterocycles. The Balaban J connectivity index is 2.55. The van der Waals surface area contributed by atoms with Crippen molar-refractivity contribution in [3.8, 4) is 5.75 Å². The average Bonchev–Trinajstić information content (AvgIpc) is 2.91. The van der Waals surface area contributed by atoms with Gasteiger partial charge in [0.25, 0.3) is 0 Å². The first-order chi connectivity index (χ1) is 18.6. The highest BCUT2D eigenvalue weighted by atomic mass is 35.5. The Hall–Kier alpha value is -0.680. The van der Waals surface area contributed by atoms with Crippen molar-refractivity contribution in [2.24, 2.45) is 10.8 Å². The summed E-state index contributed by atoms with van der Waals surface area (Å²) in [4.78, 5) is 2.46. The van der Waals surface area contributed by atoms with Gasteiger partial charge < -0.3 is 9.84 Å². The molecule has 1 aliphatic heterocycles. The number of phenols is 1. The van der Waals surface area contributed by atoms with Crippen LogP contribution in [0.2, 0.25) is 20.1 Å². The molecule has 1 unspecified atom stereocenters. The van der Waals surface area contributed by atoms with Crippen molar-refractivity contribution in [1.82, 2.24) is 4.90 Å². The molecule has 42 heavy (non-hydrogen) atoms. The monoisotopic (exact) mass is 657 g/mol. The molecule has 1 N–H and O–H groups in total. The van der Waals surface area contributed by atoms with Crippen LogP contribution >= 0.6 is 46.4 Å². The molecule has 3 nitrogen and oxygen atoms in total. The Morgan fingerprint density at radius 2 is 1.19 bits per heavy atom. The summed E-state index contributed by atoms with van der Waals surface area (Å²) in [6.07, 6.45) is 0. The number of rotatable bonds is 6. The third-order valence-corrected chi connectivity index (χ3v) is 13.6. The zero-order valence-electron chi connectivity index (χ0n) is 28.5. The van der Waals surface area contributed by atoms with Crippen LogP contribution in [0, 0.1) is 31.6 Å². The first-order valence-electron chi connectivity index (χ1n) is 14.7. The van der Waals surface area contributed by atoms with Crippen LogP contribution in [0.1, 0.15) is 118 Å². The summed E-state index contributed by atoms with van der Waals surface area (Å²) in [7, 11) is 0. The second-order valence-corrected chi connectivity index (χ2v) is 17.2. The first kappa shape index (κ1) is 35.8. The fourth-order valence-corrected chi connectivity index (χ4v) is 9.45. The Bertz CT molecular complexity index is 1390. The number of halogens is 4. The van der Waals surface area contributed by atoms with Gasteiger partial charge in [-0.15, -0.1) is 0 Å². The standard InChI is InChI=1S/C35H51Cl4NO2/c1-19-23(17-22(36)18-24(19)37)29(4,5)40(30(6,7)25-20(2)26(38)21(3)27(39)28(25)41)33(12,13)35(16)32(10,11)31(8,9)34(14,15)42-35/h17-18,41H,1-16H3. The van der Waals surface area contributed by atoms with Gasteiger partial charge in [0, 0.05) is 48.1 Å². The molecular formula is C35H51Cl4NO2. The molecule has 1 fully saturated rings. The van der Waals surface area contributed by atoms with Crippen molar-refractivity contribution >= 4 is 46.4 Å². The maximum Gasteiger partial charge on any atom is 0.139 e. The van der Waals surface area contributed by atoms with E-state index in [1.165, 1.54) is 0 Å². The second-order valence-electron chi connectivity index (χ2n) is 15.6. The zero-order valence-corrected chi connectivity index (χ0v) is 31.5. The van der Waals surface area contributed by atoms with Crippen molar-refractivity contribution in [2.45, 2.75) is 139 Å². The van der Waals surface area contributed by atoms with Gasteiger partial charge in [0.15, 0.2) is 0 Å². The van der Waals surface area contributed by atoms with Crippen LogP contribution in [0.4, 0.5) is 0 Å². The maximum absolute atomic E-state index is 11.7. The normalized spacial score (nSPS) is 22.2. The lowest BCUT2D eigenvalue weighted by atomic mass is 9.53. The largest absolute Gasteiger partial charge is 0.506 e. The molecule has 236 valence electrons. The molecule has 1 aliphatic rings. The van der Waals surface area contributed by atoms with E-state index in [1.54, 1.807) is 6.07 Å². The summed E-state index contributed by atoms with van der Waals surface area (Å²) in [5.41, 5.74) is 0.283. The SMILES string of the molecule is Cc1c(Cl)cc(Cl)cc1C(C)(C)N(C(C)(C)c1c(C)c(Cl)c(C)c(Cl)c1O)C(C)(C)C1(C)OC(C)(C)C(C)(C)C1(C)C. The van der Waals surface area contributed by atoms with Crippen LogP contribution in [-0.2, 0) is 15.8 Å². The van der Waals surface area contributed by atoms with E-state index in [1.807, 2.05) is 26.8 Å². The second kappa shape index (κ2) is 10.4. The fraction of sp³-hybridized carbons (Fsp3) is 0.657. The van der Waals surface area contributed by atoms with E-state index < -0.39 is 27.8 Å². The number of phenolic OH excluding ortho intramolecular Hbond substituents is 1. The quantitative estimate of drug-likeness (QED) is 0.335. The zero-order chi connectivity index (χ0) is 33.0. The van der Waals surface area contributed by atoms with E-state index in [4.69, 9.17) is 51.1 Å². The number of benzene rings is 2. The minimum atomic E-state index is -0.831. The molecule has 0 spiro atoms. The summed E-state index contributed by atoms with van der Waals surface area (Å²) in [5, 5.41) is 13.7. The summed E-state index contributed by atoms with van der Waals surface area (Å²) in [6.45, 7) is 34.8. The molecule has 1 atom stereocenters. The summed E-state index contributed by atoms with van der Waals surface area (Å²) >= 11 is 27.0. The molecule has 2 aromatic rings. The van der Waals surface area contributed by atoms with Gasteiger partial charge in [0.2, 0.25) is 0 Å². The highest BCUT2D eigenvalue weighted by Crippen LogP contribution is 2.68. The van der Waals surface area contributed by atoms with E-state index in [0.717, 1.165) is 16.7 Å². The van der Waals surface area contributed by atoms with Gasteiger partial charge in [0.1, 0.15) is 5.75 Å². The van der Waals surface area contributed by atoms with Gasteiger partial charge in [-0.3, -0.25) is 4.90 Å². The van der Waals surface area contributed by atoms with Gasteiger partial charge in [-0.2, -0.15) is 0 Å². The minimum Gasteiger partial charge on any atom is -0.506 e. The molecule has 0 aliphatic carbocycles. The van der Waals surface area contributed by atoms with Gasteiger partial charge >= 0.3 is 0 Å². The van der Waals surface area contributed by atoms with Crippen molar-refractivity contribution in [2.75, 3.05) is 0 Å². The molecular weight excluding hydrogens is 608 g/mol. The smallest absolute Gasteiger partial charge is 0.139 e. The number of hydrogen-bond donors (Lipinski definition) is 1. The number of ether oxygens (including phenoxy) is 1. The lowest BCUT2D eigenvalue weighted by Gasteiger charge is -2.64. The highest BCUT2D eigenvalue weighted by Gasteiger charge is 2.72. The topological polar surface area (TPSA) is 32.7 Å². The van der Waals surface area contributed by atoms with E-state index in [0.29, 0.717) is 26.2 Å². The van der Waals surface area contributed by atoms with Crippen LogP contribution in [0.15, 0.2) is 12.1 Å². The third-order valence-electron chi connectivity index (χ3n) is 12.0. The lowest BCUT2D eigenvalue weighted by molar-refractivity contribution is -0.217. The van der Waals surface area contributed by atoms with E-state index in [2.05, 4.69) is 94.9 Å². The molecule has 0 saturated carbocycles. The number of aromatic hydroxyl groups is 1. The molecule has 3 rings (SSSR count). The van der Waals surface area contributed by atoms with Gasteiger partial charge in [-0.25, -0.2) is 0 Å². The van der Waals surface area contributed by atoms with Crippen molar-refractivity contribution in [3.63, 3.8) is 0 Å². The van der Waals surface area contributed by atoms with Crippen LogP contribution in [0.25, 0.3) is 0 Å². The van der Waals surface area contributed by atoms with Crippen LogP contribution in [0.5, 0.6) is 5.75 Å². The van der Waals surface area contributed by atoms with Gasteiger partial charge in [0.05, 0.1) is 16.2 Å². The Morgan fingerprint density at radius 1 is 0.690 bits per heavy atom. The molecule has 0 bridgehead atoms. The predicted molar refractivity (Wildman–Crippen MR) is 182 cm³/mol. The lowest BCUT2D eigenvalue weighted by Crippen LogP contribution is -2.72. The molecule has 0 amide bonds. The number of nitrogens with zero attached hydrogens (tertiary/aromatic N) is 1. The molecule has 1 saturated heterocycles. The van der Waals surface area contributed by atoms with E-state index in [9.17, 15) is 5.11 Å². The summed E-state index contributed by atoms with van der Waals surface area (Å²) < 4.78 is 7.27. The summed E-state index contributed by atoms with van der Waals surface area (Å²) in [5.74, 6) is 0.0379.